The van der Waals surface area contributed by atoms with Gasteiger partial charge in [-0.2, -0.15) is 0 Å². The predicted molar refractivity (Wildman–Crippen MR) is 123 cm³/mol. The van der Waals surface area contributed by atoms with Crippen molar-refractivity contribution < 1.29 is 19.1 Å². The number of aromatic hydroxyl groups is 1. The first-order valence-corrected chi connectivity index (χ1v) is 11.5. The fraction of sp³-hybridized carbons (Fsp3) is 0.333. The van der Waals surface area contributed by atoms with Gasteiger partial charge in [0.25, 0.3) is 5.91 Å². The van der Waals surface area contributed by atoms with Gasteiger partial charge >= 0.3 is 0 Å². The summed E-state index contributed by atoms with van der Waals surface area (Å²) in [6.45, 7) is 4.52. The first-order chi connectivity index (χ1) is 15.5. The summed E-state index contributed by atoms with van der Waals surface area (Å²) < 4.78 is 12.1. The number of phenolic OH excluding ortho intramolecular Hbond substituents is 1. The summed E-state index contributed by atoms with van der Waals surface area (Å²) in [4.78, 5) is 30.9. The van der Waals surface area contributed by atoms with Gasteiger partial charge in [-0.25, -0.2) is 0 Å². The number of hydrogen-bond donors (Lipinski definition) is 1. The van der Waals surface area contributed by atoms with Crippen molar-refractivity contribution in [3.05, 3.63) is 74.0 Å². The normalized spacial score (nSPS) is 19.0. The Balaban J connectivity index is 1.54. The zero-order valence-electron chi connectivity index (χ0n) is 17.4. The molecule has 8 heteroatoms. The molecule has 1 N–H and O–H groups in total. The van der Waals surface area contributed by atoms with Crippen LogP contribution in [-0.2, 0) is 4.74 Å². The van der Waals surface area contributed by atoms with E-state index in [0.717, 1.165) is 43.7 Å². The Hall–Kier alpha value is -2.68. The lowest BCUT2D eigenvalue weighted by molar-refractivity contribution is 0.0353. The second-order valence-corrected chi connectivity index (χ2v) is 9.03. The van der Waals surface area contributed by atoms with Crippen LogP contribution >= 0.6 is 15.9 Å². The van der Waals surface area contributed by atoms with E-state index >= 15 is 0 Å². The Morgan fingerprint density at radius 2 is 1.88 bits per heavy atom. The molecule has 2 aliphatic rings. The van der Waals surface area contributed by atoms with Crippen LogP contribution in [0.5, 0.6) is 5.75 Å². The maximum Gasteiger partial charge on any atom is 0.290 e. The van der Waals surface area contributed by atoms with Crippen LogP contribution in [0, 0.1) is 0 Å². The summed E-state index contributed by atoms with van der Waals surface area (Å²) in [5, 5.41) is 10.5. The molecule has 2 aliphatic heterocycles. The lowest BCUT2D eigenvalue weighted by atomic mass is 9.98. The number of benzene rings is 2. The van der Waals surface area contributed by atoms with Crippen molar-refractivity contribution in [2.45, 2.75) is 12.5 Å². The topological polar surface area (TPSA) is 83.2 Å². The van der Waals surface area contributed by atoms with E-state index in [9.17, 15) is 14.7 Å². The molecule has 1 atom stereocenters. The summed E-state index contributed by atoms with van der Waals surface area (Å²) in [5.74, 6) is -0.119. The molecule has 1 amide bonds. The van der Waals surface area contributed by atoms with Crippen LogP contribution in [0.2, 0.25) is 0 Å². The average molecular weight is 499 g/mol. The van der Waals surface area contributed by atoms with E-state index in [1.54, 1.807) is 41.3 Å². The number of morpholine rings is 1. The number of fused-ring (bicyclic) bond motifs is 2. The van der Waals surface area contributed by atoms with Crippen LogP contribution in [-0.4, -0.2) is 60.2 Å². The number of carbonyl (C=O) groups is 1. The van der Waals surface area contributed by atoms with Gasteiger partial charge in [0.2, 0.25) is 5.76 Å². The molecule has 7 nitrogen and oxygen atoms in total. The second kappa shape index (κ2) is 8.69. The largest absolute Gasteiger partial charge is 0.508 e. The Labute approximate surface area is 193 Å². The summed E-state index contributed by atoms with van der Waals surface area (Å²) in [5.41, 5.74) is 1.18. The minimum atomic E-state index is -0.603. The minimum Gasteiger partial charge on any atom is -0.508 e. The van der Waals surface area contributed by atoms with Crippen LogP contribution in [0.4, 0.5) is 0 Å². The van der Waals surface area contributed by atoms with E-state index in [1.807, 2.05) is 6.07 Å². The third-order valence-corrected chi connectivity index (χ3v) is 6.58. The number of halogens is 1. The fourth-order valence-corrected chi connectivity index (χ4v) is 4.92. The van der Waals surface area contributed by atoms with Crippen LogP contribution in [0.3, 0.4) is 0 Å². The molecular weight excluding hydrogens is 476 g/mol. The molecule has 1 unspecified atom stereocenters. The number of carbonyl (C=O) groups excluding carboxylic acids is 1. The highest BCUT2D eigenvalue weighted by Gasteiger charge is 2.42. The molecule has 0 saturated carbocycles. The molecule has 3 heterocycles. The molecule has 166 valence electrons. The Morgan fingerprint density at radius 3 is 2.66 bits per heavy atom. The van der Waals surface area contributed by atoms with Gasteiger partial charge < -0.3 is 19.2 Å². The highest BCUT2D eigenvalue weighted by atomic mass is 79.9. The fourth-order valence-electron chi connectivity index (χ4n) is 4.55. The minimum absolute atomic E-state index is 0.0875. The third-order valence-electron chi connectivity index (χ3n) is 6.09. The molecule has 0 radical (unpaired) electrons. The molecule has 0 bridgehead atoms. The average Bonchev–Trinajstić information content (AvgIpc) is 3.07. The van der Waals surface area contributed by atoms with Crippen LogP contribution in [0.15, 0.2) is 56.1 Å². The maximum atomic E-state index is 13.5. The highest BCUT2D eigenvalue weighted by Crippen LogP contribution is 2.39. The van der Waals surface area contributed by atoms with Gasteiger partial charge in [0.1, 0.15) is 11.3 Å². The van der Waals surface area contributed by atoms with Crippen molar-refractivity contribution in [2.24, 2.45) is 0 Å². The molecule has 0 spiro atoms. The Bertz CT molecular complexity index is 1230. The molecule has 1 aromatic heterocycles. The zero-order chi connectivity index (χ0) is 22.2. The molecule has 32 heavy (non-hydrogen) atoms. The molecule has 1 fully saturated rings. The second-order valence-electron chi connectivity index (χ2n) is 8.12. The van der Waals surface area contributed by atoms with Gasteiger partial charge in [0, 0.05) is 30.7 Å². The van der Waals surface area contributed by atoms with E-state index in [-0.39, 0.29) is 22.8 Å². The van der Waals surface area contributed by atoms with Crippen molar-refractivity contribution in [3.8, 4) is 5.75 Å². The smallest absolute Gasteiger partial charge is 0.290 e. The van der Waals surface area contributed by atoms with Crippen molar-refractivity contribution in [1.29, 1.82) is 0 Å². The number of ether oxygens (including phenoxy) is 1. The first-order valence-electron chi connectivity index (χ1n) is 10.7. The third kappa shape index (κ3) is 3.83. The van der Waals surface area contributed by atoms with Crippen molar-refractivity contribution in [3.63, 3.8) is 0 Å². The van der Waals surface area contributed by atoms with Crippen LogP contribution in [0.25, 0.3) is 11.0 Å². The molecular formula is C24H23BrN2O5. The van der Waals surface area contributed by atoms with E-state index in [2.05, 4.69) is 20.8 Å². The standard InChI is InChI=1S/C24H23BrN2O5/c25-16-5-6-19-18(14-16)22(29)20-21(15-3-1-4-17(28)13-15)27(24(30)23(20)32-19)8-2-7-26-9-11-31-12-10-26/h1,3-6,13-14,21,28H,2,7-12H2. The predicted octanol–water partition coefficient (Wildman–Crippen LogP) is 3.53. The lowest BCUT2D eigenvalue weighted by Crippen LogP contribution is -2.38. The summed E-state index contributed by atoms with van der Waals surface area (Å²) in [7, 11) is 0. The lowest BCUT2D eigenvalue weighted by Gasteiger charge is -2.29. The van der Waals surface area contributed by atoms with E-state index in [4.69, 9.17) is 9.15 Å². The van der Waals surface area contributed by atoms with Crippen LogP contribution < -0.4 is 5.43 Å². The van der Waals surface area contributed by atoms with Crippen LogP contribution in [0.1, 0.15) is 34.1 Å². The van der Waals surface area contributed by atoms with Crippen molar-refractivity contribution in [1.82, 2.24) is 9.80 Å². The molecule has 3 aromatic rings. The van der Waals surface area contributed by atoms with Gasteiger partial charge in [0.05, 0.1) is 30.2 Å². The highest BCUT2D eigenvalue weighted by molar-refractivity contribution is 9.10. The molecule has 5 rings (SSSR count). The number of hydrogen-bond acceptors (Lipinski definition) is 6. The summed E-state index contributed by atoms with van der Waals surface area (Å²) in [6.07, 6.45) is 0.758. The number of rotatable bonds is 5. The maximum absolute atomic E-state index is 13.5. The van der Waals surface area contributed by atoms with Gasteiger partial charge in [-0.15, -0.1) is 0 Å². The van der Waals surface area contributed by atoms with Crippen molar-refractivity contribution >= 4 is 32.8 Å². The first kappa shape index (κ1) is 21.2. The van der Waals surface area contributed by atoms with Gasteiger partial charge in [0.15, 0.2) is 5.43 Å². The van der Waals surface area contributed by atoms with E-state index in [1.165, 1.54) is 0 Å². The Kier molecular flexibility index (Phi) is 5.75. The van der Waals surface area contributed by atoms with Gasteiger partial charge in [-0.3, -0.25) is 14.5 Å². The van der Waals surface area contributed by atoms with E-state index < -0.39 is 6.04 Å². The summed E-state index contributed by atoms with van der Waals surface area (Å²) in [6, 6.07) is 11.3. The number of phenols is 1. The number of nitrogens with zero attached hydrogens (tertiary/aromatic N) is 2. The molecule has 0 aliphatic carbocycles. The monoisotopic (exact) mass is 498 g/mol. The van der Waals surface area contributed by atoms with E-state index in [0.29, 0.717) is 28.6 Å². The molecule has 1 saturated heterocycles. The van der Waals surface area contributed by atoms with Gasteiger partial charge in [-0.05, 0) is 42.3 Å². The SMILES string of the molecule is O=C1c2oc3ccc(Br)cc3c(=O)c2C(c2cccc(O)c2)N1CCCN1CCOCC1. The quantitative estimate of drug-likeness (QED) is 0.579. The number of amides is 1. The van der Waals surface area contributed by atoms with Gasteiger partial charge in [-0.1, -0.05) is 28.1 Å². The van der Waals surface area contributed by atoms with Crippen molar-refractivity contribution in [2.75, 3.05) is 39.4 Å². The Morgan fingerprint density at radius 1 is 1.06 bits per heavy atom. The summed E-state index contributed by atoms with van der Waals surface area (Å²) >= 11 is 3.41. The zero-order valence-corrected chi connectivity index (χ0v) is 19.0. The molecule has 2 aromatic carbocycles.